The zero-order chi connectivity index (χ0) is 10.0. The maximum atomic E-state index is 11.3. The summed E-state index contributed by atoms with van der Waals surface area (Å²) >= 11 is 0. The first kappa shape index (κ1) is 9.44. The molecule has 0 aliphatic rings. The molecule has 1 heterocycles. The van der Waals surface area contributed by atoms with Crippen LogP contribution in [0.15, 0.2) is 16.5 Å². The van der Waals surface area contributed by atoms with Gasteiger partial charge in [-0.25, -0.2) is 0 Å². The van der Waals surface area contributed by atoms with Gasteiger partial charge >= 0.3 is 5.88 Å². The molecule has 1 aromatic heterocycles. The topological polar surface area (TPSA) is 73.3 Å². The molecule has 5 nitrogen and oxygen atoms in total. The number of furan rings is 1. The van der Waals surface area contributed by atoms with Crippen molar-refractivity contribution in [3.8, 4) is 0 Å². The second-order valence-corrected chi connectivity index (χ2v) is 2.91. The van der Waals surface area contributed by atoms with Gasteiger partial charge in [0.15, 0.2) is 5.76 Å². The molecule has 5 heteroatoms. The van der Waals surface area contributed by atoms with Crippen molar-refractivity contribution in [3.63, 3.8) is 0 Å². The highest BCUT2D eigenvalue weighted by atomic mass is 16.6. The average Bonchev–Trinajstić information content (AvgIpc) is 2.50. The van der Waals surface area contributed by atoms with E-state index < -0.39 is 10.8 Å². The largest absolute Gasteiger partial charge is 0.433 e. The highest BCUT2D eigenvalue weighted by Crippen LogP contribution is 2.18. The van der Waals surface area contributed by atoms with E-state index in [1.165, 1.54) is 12.1 Å². The fraction of sp³-hybridized carbons (Fsp3) is 0.375. The summed E-state index contributed by atoms with van der Waals surface area (Å²) in [5.74, 6) is -0.801. The van der Waals surface area contributed by atoms with Gasteiger partial charge in [0.1, 0.15) is 4.92 Å². The Kier molecular flexibility index (Phi) is 2.46. The maximum Gasteiger partial charge on any atom is 0.433 e. The van der Waals surface area contributed by atoms with Crippen LogP contribution in [0.1, 0.15) is 24.4 Å². The molecule has 13 heavy (non-hydrogen) atoms. The normalized spacial score (nSPS) is 10.4. The highest BCUT2D eigenvalue weighted by Gasteiger charge is 2.18. The third-order valence-electron chi connectivity index (χ3n) is 1.54. The summed E-state index contributed by atoms with van der Waals surface area (Å²) in [6.07, 6.45) is 0. The third kappa shape index (κ3) is 1.93. The first-order valence-corrected chi connectivity index (χ1v) is 3.81. The Morgan fingerprint density at radius 3 is 2.54 bits per heavy atom. The van der Waals surface area contributed by atoms with Crippen molar-refractivity contribution in [1.29, 1.82) is 0 Å². The van der Waals surface area contributed by atoms with E-state index >= 15 is 0 Å². The molecule has 0 aromatic carbocycles. The summed E-state index contributed by atoms with van der Waals surface area (Å²) in [7, 11) is 0. The molecule has 0 N–H and O–H groups in total. The van der Waals surface area contributed by atoms with Crippen LogP contribution in [0.3, 0.4) is 0 Å². The molecule has 0 unspecified atom stereocenters. The van der Waals surface area contributed by atoms with E-state index in [9.17, 15) is 14.9 Å². The van der Waals surface area contributed by atoms with Crippen LogP contribution in [0, 0.1) is 16.0 Å². The van der Waals surface area contributed by atoms with E-state index in [0.29, 0.717) is 0 Å². The van der Waals surface area contributed by atoms with Gasteiger partial charge in [-0.3, -0.25) is 14.9 Å². The number of hydrogen-bond acceptors (Lipinski definition) is 4. The lowest BCUT2D eigenvalue weighted by Crippen LogP contribution is -2.05. The minimum absolute atomic E-state index is 0.0432. The molecule has 0 fully saturated rings. The molecular formula is C8H9NO4. The predicted octanol–water partition coefficient (Wildman–Crippen LogP) is 2.03. The molecule has 0 spiro atoms. The van der Waals surface area contributed by atoms with Gasteiger partial charge in [0.2, 0.25) is 5.78 Å². The van der Waals surface area contributed by atoms with Crippen LogP contribution in [0.4, 0.5) is 5.88 Å². The van der Waals surface area contributed by atoms with Gasteiger partial charge in [0.05, 0.1) is 6.07 Å². The molecular weight excluding hydrogens is 174 g/mol. The Hall–Kier alpha value is -1.65. The van der Waals surface area contributed by atoms with Crippen LogP contribution in [0.2, 0.25) is 0 Å². The molecule has 0 aliphatic carbocycles. The average molecular weight is 183 g/mol. The smallest absolute Gasteiger partial charge is 0.397 e. The van der Waals surface area contributed by atoms with Crippen molar-refractivity contribution >= 4 is 11.7 Å². The molecule has 0 radical (unpaired) electrons. The number of nitrogens with zero attached hydrogens (tertiary/aromatic N) is 1. The Labute approximate surface area is 74.5 Å². The first-order chi connectivity index (χ1) is 6.02. The van der Waals surface area contributed by atoms with E-state index in [1.54, 1.807) is 13.8 Å². The number of ketones is 1. The molecule has 0 saturated carbocycles. The van der Waals surface area contributed by atoms with E-state index in [4.69, 9.17) is 4.42 Å². The summed E-state index contributed by atoms with van der Waals surface area (Å²) in [6.45, 7) is 3.41. The lowest BCUT2D eigenvalue weighted by Gasteiger charge is -1.97. The maximum absolute atomic E-state index is 11.3. The molecule has 70 valence electrons. The molecule has 0 atom stereocenters. The molecule has 0 bridgehead atoms. The third-order valence-corrected chi connectivity index (χ3v) is 1.54. The Morgan fingerprint density at radius 2 is 2.15 bits per heavy atom. The van der Waals surface area contributed by atoms with E-state index in [-0.39, 0.29) is 17.5 Å². The molecule has 0 aliphatic heterocycles. The zero-order valence-electron chi connectivity index (χ0n) is 7.31. The van der Waals surface area contributed by atoms with Gasteiger partial charge in [-0.1, -0.05) is 13.8 Å². The van der Waals surface area contributed by atoms with Crippen molar-refractivity contribution in [1.82, 2.24) is 0 Å². The van der Waals surface area contributed by atoms with Gasteiger partial charge < -0.3 is 4.42 Å². The fourth-order valence-corrected chi connectivity index (χ4v) is 0.843. The number of carbonyl (C=O) groups is 1. The van der Waals surface area contributed by atoms with Crippen molar-refractivity contribution in [2.75, 3.05) is 0 Å². The number of rotatable bonds is 3. The van der Waals surface area contributed by atoms with E-state index in [1.807, 2.05) is 0 Å². The number of nitro groups is 1. The molecule has 0 saturated heterocycles. The van der Waals surface area contributed by atoms with Crippen molar-refractivity contribution in [3.05, 3.63) is 28.0 Å². The van der Waals surface area contributed by atoms with E-state index in [2.05, 4.69) is 0 Å². The standard InChI is InChI=1S/C8H9NO4/c1-5(2)8(10)6-3-4-7(13-6)9(11)12/h3-5H,1-2H3. The zero-order valence-corrected chi connectivity index (χ0v) is 7.31. The van der Waals surface area contributed by atoms with Gasteiger partial charge in [-0.2, -0.15) is 0 Å². The Morgan fingerprint density at radius 1 is 1.54 bits per heavy atom. The van der Waals surface area contributed by atoms with Crippen LogP contribution < -0.4 is 0 Å². The van der Waals surface area contributed by atoms with Crippen LogP contribution in [0.5, 0.6) is 0 Å². The summed E-state index contributed by atoms with van der Waals surface area (Å²) in [6, 6.07) is 2.50. The van der Waals surface area contributed by atoms with Crippen LogP contribution in [0.25, 0.3) is 0 Å². The monoisotopic (exact) mass is 183 g/mol. The van der Waals surface area contributed by atoms with Crippen molar-refractivity contribution in [2.24, 2.45) is 5.92 Å². The minimum atomic E-state index is -0.670. The highest BCUT2D eigenvalue weighted by molar-refractivity contribution is 5.95. The predicted molar refractivity (Wildman–Crippen MR) is 44.5 cm³/mol. The SMILES string of the molecule is CC(C)C(=O)c1ccc([N+](=O)[O-])o1. The lowest BCUT2D eigenvalue weighted by molar-refractivity contribution is -0.402. The minimum Gasteiger partial charge on any atom is -0.397 e. The van der Waals surface area contributed by atoms with Crippen molar-refractivity contribution < 1.29 is 14.1 Å². The fourth-order valence-electron chi connectivity index (χ4n) is 0.843. The lowest BCUT2D eigenvalue weighted by atomic mass is 10.1. The van der Waals surface area contributed by atoms with Gasteiger partial charge in [0, 0.05) is 5.92 Å². The molecule has 0 amide bonds. The van der Waals surface area contributed by atoms with Crippen LogP contribution in [-0.4, -0.2) is 10.7 Å². The number of hydrogen-bond donors (Lipinski definition) is 0. The van der Waals surface area contributed by atoms with Crippen LogP contribution >= 0.6 is 0 Å². The number of carbonyl (C=O) groups excluding carboxylic acids is 1. The van der Waals surface area contributed by atoms with Gasteiger partial charge in [0.25, 0.3) is 0 Å². The Bertz CT molecular complexity index is 340. The Balaban J connectivity index is 2.92. The molecule has 1 aromatic rings. The van der Waals surface area contributed by atoms with Gasteiger partial charge in [-0.05, 0) is 6.07 Å². The quantitative estimate of drug-likeness (QED) is 0.408. The summed E-state index contributed by atoms with van der Waals surface area (Å²) in [5, 5.41) is 10.2. The summed E-state index contributed by atoms with van der Waals surface area (Å²) < 4.78 is 4.72. The molecule has 1 rings (SSSR count). The number of Topliss-reactive ketones (excluding diaryl/α,β-unsaturated/α-hetero) is 1. The van der Waals surface area contributed by atoms with Gasteiger partial charge in [-0.15, -0.1) is 0 Å². The van der Waals surface area contributed by atoms with Crippen LogP contribution in [-0.2, 0) is 0 Å². The summed E-state index contributed by atoms with van der Waals surface area (Å²) in [4.78, 5) is 20.8. The van der Waals surface area contributed by atoms with E-state index in [0.717, 1.165) is 0 Å². The second-order valence-electron chi connectivity index (χ2n) is 2.91. The second kappa shape index (κ2) is 3.38. The first-order valence-electron chi connectivity index (χ1n) is 3.81. The van der Waals surface area contributed by atoms with Crippen molar-refractivity contribution in [2.45, 2.75) is 13.8 Å². The summed E-state index contributed by atoms with van der Waals surface area (Å²) in [5.41, 5.74) is 0.